The molecule has 1 saturated heterocycles. The molecule has 1 fully saturated rings. The van der Waals surface area contributed by atoms with E-state index in [1.54, 1.807) is 6.08 Å². The Kier molecular flexibility index (Phi) is 6.38. The van der Waals surface area contributed by atoms with Crippen LogP contribution in [-0.2, 0) is 14.3 Å². The minimum atomic E-state index is -0.307. The van der Waals surface area contributed by atoms with Crippen LogP contribution in [0.4, 0.5) is 0 Å². The molecule has 12 heavy (non-hydrogen) atoms. The van der Waals surface area contributed by atoms with Gasteiger partial charge in [-0.25, -0.2) is 4.79 Å². The first-order chi connectivity index (χ1) is 5.76. The number of carbonyl (C=O) groups is 1. The molecule has 1 aliphatic heterocycles. The minimum Gasteiger partial charge on any atom is -0.464 e. The molecule has 3 heteroatoms. The van der Waals surface area contributed by atoms with Gasteiger partial charge in [-0.3, -0.25) is 0 Å². The van der Waals surface area contributed by atoms with Crippen molar-refractivity contribution in [1.82, 2.24) is 0 Å². The molecule has 0 saturated carbocycles. The molecular formula is C9H16O3. The fourth-order valence-electron chi connectivity index (χ4n) is 0.866. The number of carbonyl (C=O) groups excluding carboxylic acids is 1. The number of hydrogen-bond acceptors (Lipinski definition) is 3. The van der Waals surface area contributed by atoms with Crippen LogP contribution in [0.15, 0.2) is 12.7 Å². The van der Waals surface area contributed by atoms with Gasteiger partial charge < -0.3 is 9.47 Å². The van der Waals surface area contributed by atoms with E-state index in [2.05, 4.69) is 6.58 Å². The zero-order valence-electron chi connectivity index (χ0n) is 7.71. The Labute approximate surface area is 73.4 Å². The Morgan fingerprint density at radius 1 is 1.75 bits per heavy atom. The van der Waals surface area contributed by atoms with Crippen LogP contribution >= 0.6 is 0 Å². The normalized spacial score (nSPS) is 21.8. The van der Waals surface area contributed by atoms with Gasteiger partial charge in [-0.2, -0.15) is 0 Å². The largest absolute Gasteiger partial charge is 0.464 e. The number of ether oxygens (including phenoxy) is 2. The van der Waals surface area contributed by atoms with Crippen molar-refractivity contribution in [3.05, 3.63) is 12.7 Å². The minimum absolute atomic E-state index is 0.219. The average Bonchev–Trinajstić information content (AvgIpc) is 2.07. The van der Waals surface area contributed by atoms with E-state index in [4.69, 9.17) is 9.47 Å². The number of esters is 1. The van der Waals surface area contributed by atoms with Gasteiger partial charge in [0.1, 0.15) is 0 Å². The lowest BCUT2D eigenvalue weighted by atomic mass is 10.2. The van der Waals surface area contributed by atoms with Crippen LogP contribution in [0.25, 0.3) is 0 Å². The Balaban J connectivity index is 0.000000354. The third-order valence-electron chi connectivity index (χ3n) is 1.40. The quantitative estimate of drug-likeness (QED) is 0.444. The molecule has 1 rings (SSSR count). The monoisotopic (exact) mass is 172 g/mol. The molecule has 1 heterocycles. The van der Waals surface area contributed by atoms with Crippen molar-refractivity contribution in [3.8, 4) is 0 Å². The summed E-state index contributed by atoms with van der Waals surface area (Å²) >= 11 is 0. The van der Waals surface area contributed by atoms with Crippen LogP contribution in [0.1, 0.15) is 19.8 Å². The van der Waals surface area contributed by atoms with Gasteiger partial charge in [0.15, 0.2) is 6.10 Å². The summed E-state index contributed by atoms with van der Waals surface area (Å²) in [7, 11) is 1.53. The maximum absolute atomic E-state index is 10.7. The summed E-state index contributed by atoms with van der Waals surface area (Å²) in [5.74, 6) is -0.219. The molecule has 0 aromatic carbocycles. The molecule has 0 aromatic rings. The second-order valence-corrected chi connectivity index (χ2v) is 2.44. The van der Waals surface area contributed by atoms with Gasteiger partial charge in [-0.05, 0) is 19.8 Å². The third-order valence-corrected chi connectivity index (χ3v) is 1.40. The highest BCUT2D eigenvalue weighted by molar-refractivity contribution is 5.75. The molecule has 3 nitrogen and oxygen atoms in total. The van der Waals surface area contributed by atoms with Crippen LogP contribution < -0.4 is 0 Å². The first kappa shape index (κ1) is 11.2. The molecule has 1 unspecified atom stereocenters. The number of allylic oxidation sites excluding steroid dienone is 1. The highest BCUT2D eigenvalue weighted by Crippen LogP contribution is 2.09. The third kappa shape index (κ3) is 4.13. The molecule has 0 N–H and O–H groups in total. The van der Waals surface area contributed by atoms with Gasteiger partial charge in [-0.15, -0.1) is 6.58 Å². The number of rotatable bonds is 1. The Morgan fingerprint density at radius 2 is 2.33 bits per heavy atom. The summed E-state index contributed by atoms with van der Waals surface area (Å²) < 4.78 is 9.55. The van der Waals surface area contributed by atoms with Gasteiger partial charge >= 0.3 is 5.97 Å². The van der Waals surface area contributed by atoms with Crippen molar-refractivity contribution in [3.63, 3.8) is 0 Å². The molecule has 1 atom stereocenters. The number of hydrogen-bond donors (Lipinski definition) is 0. The first-order valence-electron chi connectivity index (χ1n) is 4.02. The molecule has 0 bridgehead atoms. The van der Waals surface area contributed by atoms with Crippen LogP contribution in [0.3, 0.4) is 0 Å². The van der Waals surface area contributed by atoms with E-state index in [0.717, 1.165) is 12.8 Å². The van der Waals surface area contributed by atoms with Gasteiger partial charge in [0.25, 0.3) is 0 Å². The predicted molar refractivity (Wildman–Crippen MR) is 46.9 cm³/mol. The van der Waals surface area contributed by atoms with E-state index in [1.165, 1.54) is 7.11 Å². The average molecular weight is 172 g/mol. The van der Waals surface area contributed by atoms with Gasteiger partial charge in [0.2, 0.25) is 0 Å². The fourth-order valence-corrected chi connectivity index (χ4v) is 0.866. The summed E-state index contributed by atoms with van der Waals surface area (Å²) in [6, 6.07) is 0. The summed E-state index contributed by atoms with van der Waals surface area (Å²) in [5.41, 5.74) is 0. The highest BCUT2D eigenvalue weighted by Gasteiger charge is 2.22. The van der Waals surface area contributed by atoms with Crippen molar-refractivity contribution in [2.75, 3.05) is 13.7 Å². The van der Waals surface area contributed by atoms with Crippen LogP contribution in [0.5, 0.6) is 0 Å². The lowest BCUT2D eigenvalue weighted by Crippen LogP contribution is -2.30. The van der Waals surface area contributed by atoms with Crippen molar-refractivity contribution in [2.45, 2.75) is 25.9 Å². The molecule has 0 radical (unpaired) electrons. The molecule has 0 amide bonds. The van der Waals surface area contributed by atoms with Crippen molar-refractivity contribution in [1.29, 1.82) is 0 Å². The number of cyclic esters (lactones) is 1. The first-order valence-corrected chi connectivity index (χ1v) is 4.02. The zero-order valence-corrected chi connectivity index (χ0v) is 7.71. The van der Waals surface area contributed by atoms with E-state index in [0.29, 0.717) is 6.61 Å². The van der Waals surface area contributed by atoms with Crippen molar-refractivity contribution in [2.24, 2.45) is 0 Å². The van der Waals surface area contributed by atoms with Crippen LogP contribution in [0, 0.1) is 0 Å². The van der Waals surface area contributed by atoms with Gasteiger partial charge in [0, 0.05) is 7.11 Å². The highest BCUT2D eigenvalue weighted by atomic mass is 16.6. The second kappa shape index (κ2) is 6.85. The second-order valence-electron chi connectivity index (χ2n) is 2.44. The van der Waals surface area contributed by atoms with E-state index < -0.39 is 0 Å². The topological polar surface area (TPSA) is 35.5 Å². The fraction of sp³-hybridized carbons (Fsp3) is 0.667. The number of methoxy groups -OCH3 is 1. The van der Waals surface area contributed by atoms with Crippen molar-refractivity contribution < 1.29 is 14.3 Å². The molecule has 0 spiro atoms. The smallest absolute Gasteiger partial charge is 0.335 e. The SMILES string of the molecule is C=CC.COC1CCCOC1=O. The van der Waals surface area contributed by atoms with Gasteiger partial charge in [0.05, 0.1) is 6.61 Å². The van der Waals surface area contributed by atoms with Crippen LogP contribution in [-0.4, -0.2) is 25.8 Å². The molecule has 0 aliphatic carbocycles. The summed E-state index contributed by atoms with van der Waals surface area (Å²) in [6.07, 6.45) is 3.17. The lowest BCUT2D eigenvalue weighted by Gasteiger charge is -2.18. The van der Waals surface area contributed by atoms with Crippen LogP contribution in [0.2, 0.25) is 0 Å². The summed E-state index contributed by atoms with van der Waals surface area (Å²) in [5, 5.41) is 0. The van der Waals surface area contributed by atoms with E-state index in [-0.39, 0.29) is 12.1 Å². The lowest BCUT2D eigenvalue weighted by molar-refractivity contribution is -0.160. The molecule has 0 aromatic heterocycles. The Bertz CT molecular complexity index is 143. The Morgan fingerprint density at radius 3 is 2.67 bits per heavy atom. The summed E-state index contributed by atoms with van der Waals surface area (Å²) in [6.45, 7) is 5.80. The maximum Gasteiger partial charge on any atom is 0.335 e. The standard InChI is InChI=1S/C6H10O3.C3H6/c1-8-5-3-2-4-9-6(5)7;1-3-2/h5H,2-4H2,1H3;3H,1H2,2H3. The van der Waals surface area contributed by atoms with Gasteiger partial charge in [-0.1, -0.05) is 6.08 Å². The molecular weight excluding hydrogens is 156 g/mol. The predicted octanol–water partition coefficient (Wildman–Crippen LogP) is 1.53. The maximum atomic E-state index is 10.7. The Hall–Kier alpha value is -0.830. The molecule has 1 aliphatic rings. The van der Waals surface area contributed by atoms with E-state index >= 15 is 0 Å². The van der Waals surface area contributed by atoms with Crippen molar-refractivity contribution >= 4 is 5.97 Å². The summed E-state index contributed by atoms with van der Waals surface area (Å²) in [4.78, 5) is 10.7. The zero-order chi connectivity index (χ0) is 9.40. The van der Waals surface area contributed by atoms with E-state index in [1.807, 2.05) is 6.92 Å². The van der Waals surface area contributed by atoms with E-state index in [9.17, 15) is 4.79 Å². The molecule has 70 valence electrons.